The Morgan fingerprint density at radius 2 is 1.64 bits per heavy atom. The van der Waals surface area contributed by atoms with Crippen LogP contribution in [0.1, 0.15) is 44.7 Å². The second-order valence-electron chi connectivity index (χ2n) is 6.68. The van der Waals surface area contributed by atoms with Gasteiger partial charge in [0.2, 0.25) is 0 Å². The zero-order valence-electron chi connectivity index (χ0n) is 17.2. The second kappa shape index (κ2) is 9.19. The van der Waals surface area contributed by atoms with Crippen LogP contribution < -0.4 is 4.31 Å². The quantitative estimate of drug-likeness (QED) is 0.556. The molecule has 2 rings (SSSR count). The van der Waals surface area contributed by atoms with Gasteiger partial charge in [-0.3, -0.25) is 4.31 Å². The normalized spacial score (nSPS) is 11.5. The molecule has 7 heteroatoms. The summed E-state index contributed by atoms with van der Waals surface area (Å²) in [6.07, 6.45) is 2.24. The van der Waals surface area contributed by atoms with Crippen molar-refractivity contribution in [1.82, 2.24) is 0 Å². The molecule has 2 aromatic carbocycles. The van der Waals surface area contributed by atoms with E-state index in [4.69, 9.17) is 4.84 Å². The fourth-order valence-corrected chi connectivity index (χ4v) is 5.02. The highest BCUT2D eigenvalue weighted by atomic mass is 32.2. The summed E-state index contributed by atoms with van der Waals surface area (Å²) in [6.45, 7) is 7.74. The summed E-state index contributed by atoms with van der Waals surface area (Å²) in [5.74, 6) is 0. The number of benzene rings is 2. The van der Waals surface area contributed by atoms with Crippen molar-refractivity contribution < 1.29 is 18.2 Å². The average molecular weight is 406 g/mol. The van der Waals surface area contributed by atoms with E-state index in [9.17, 15) is 13.3 Å². The Hall–Kier alpha value is -2.41. The van der Waals surface area contributed by atoms with Crippen LogP contribution in [0.25, 0.3) is 0 Å². The van der Waals surface area contributed by atoms with Gasteiger partial charge in [-0.15, -0.1) is 0 Å². The molecule has 152 valence electrons. The van der Waals surface area contributed by atoms with Gasteiger partial charge in [-0.25, -0.2) is 13.3 Å². The minimum absolute atomic E-state index is 0.0671. The van der Waals surface area contributed by atoms with E-state index in [1.54, 1.807) is 13.0 Å². The maximum absolute atomic E-state index is 13.6. The molecule has 2 aromatic rings. The molecule has 0 N–H and O–H groups in total. The summed E-state index contributed by atoms with van der Waals surface area (Å²) in [5, 5.41) is 0. The third-order valence-electron chi connectivity index (χ3n) is 4.97. The van der Waals surface area contributed by atoms with Crippen molar-refractivity contribution in [2.24, 2.45) is 0 Å². The molecule has 0 amide bonds. The molecule has 0 atom stereocenters. The van der Waals surface area contributed by atoms with Crippen LogP contribution in [0.3, 0.4) is 0 Å². The molecule has 0 saturated carbocycles. The second-order valence-corrected chi connectivity index (χ2v) is 8.49. The molecule has 0 radical (unpaired) electrons. The molecule has 0 aliphatic heterocycles. The van der Waals surface area contributed by atoms with Crippen molar-refractivity contribution in [2.45, 2.75) is 57.9 Å². The smallest absolute Gasteiger partial charge is 0.263 e. The number of hydrogen-bond acceptors (Lipinski definition) is 4. The summed E-state index contributed by atoms with van der Waals surface area (Å²) < 4.78 is 28.6. The largest absolute Gasteiger partial charge is 0.320 e. The van der Waals surface area contributed by atoms with Crippen LogP contribution in [0, 0.1) is 11.8 Å². The van der Waals surface area contributed by atoms with Crippen LogP contribution in [0.15, 0.2) is 47.4 Å². The van der Waals surface area contributed by atoms with Gasteiger partial charge in [-0.1, -0.05) is 39.0 Å². The molecule has 0 heterocycles. The van der Waals surface area contributed by atoms with E-state index in [0.717, 1.165) is 12.0 Å². The van der Waals surface area contributed by atoms with Crippen molar-refractivity contribution in [3.8, 4) is 0 Å². The summed E-state index contributed by atoms with van der Waals surface area (Å²) in [6, 6.07) is 11.9. The molecule has 0 aliphatic rings. The lowest BCUT2D eigenvalue weighted by molar-refractivity contribution is -0.737. The standard InChI is InChI=1S/C21H29N2O4S/c1-6-17-10-12-19(13-11-17)22(18(7-2)8-3)28(25,26)20-14-9-16(4)21(15-20)23(24)27-5/h9-15,18H,6-8H2,1-5H3/q+1. The van der Waals surface area contributed by atoms with Gasteiger partial charge in [0.15, 0.2) is 7.11 Å². The Morgan fingerprint density at radius 1 is 1.04 bits per heavy atom. The van der Waals surface area contributed by atoms with Gasteiger partial charge in [0.05, 0.1) is 15.5 Å². The first-order valence-corrected chi connectivity index (χ1v) is 11.0. The molecule has 28 heavy (non-hydrogen) atoms. The van der Waals surface area contributed by atoms with Crippen molar-refractivity contribution in [2.75, 3.05) is 11.4 Å². The Balaban J connectivity index is 2.62. The van der Waals surface area contributed by atoms with E-state index in [1.165, 1.54) is 23.5 Å². The Labute approximate surface area is 167 Å². The van der Waals surface area contributed by atoms with E-state index in [2.05, 4.69) is 6.92 Å². The Kier molecular flexibility index (Phi) is 7.18. The average Bonchev–Trinajstić information content (AvgIpc) is 2.71. The molecular weight excluding hydrogens is 376 g/mol. The van der Waals surface area contributed by atoms with Gasteiger partial charge in [0, 0.05) is 17.7 Å². The molecule has 0 spiro atoms. The molecule has 0 saturated heterocycles. The minimum atomic E-state index is -3.87. The van der Waals surface area contributed by atoms with E-state index in [0.29, 0.717) is 29.0 Å². The fraction of sp³-hybridized carbons (Fsp3) is 0.429. The number of rotatable bonds is 9. The van der Waals surface area contributed by atoms with Crippen LogP contribution in [0.2, 0.25) is 0 Å². The molecule has 0 aromatic heterocycles. The van der Waals surface area contributed by atoms with E-state index >= 15 is 0 Å². The molecule has 0 fully saturated rings. The predicted molar refractivity (Wildman–Crippen MR) is 111 cm³/mol. The summed E-state index contributed by atoms with van der Waals surface area (Å²) in [5.41, 5.74) is 2.58. The number of nitrogens with zero attached hydrogens (tertiary/aromatic N) is 2. The SMILES string of the molecule is CCc1ccc(N(C(CC)CC)S(=O)(=O)c2ccc(C)c([N+](=O)OC)c2)cc1. The zero-order valence-corrected chi connectivity index (χ0v) is 18.0. The third kappa shape index (κ3) is 4.35. The number of sulfonamides is 1. The Bertz CT molecular complexity index is 920. The van der Waals surface area contributed by atoms with Crippen molar-refractivity contribution in [3.63, 3.8) is 0 Å². The monoisotopic (exact) mass is 405 g/mol. The van der Waals surface area contributed by atoms with Gasteiger partial charge in [-0.2, -0.15) is 0 Å². The van der Waals surface area contributed by atoms with Crippen LogP contribution in [-0.4, -0.2) is 26.5 Å². The van der Waals surface area contributed by atoms with Crippen molar-refractivity contribution >= 4 is 21.4 Å². The number of anilines is 1. The van der Waals surface area contributed by atoms with Crippen molar-refractivity contribution in [1.29, 1.82) is 0 Å². The van der Waals surface area contributed by atoms with Gasteiger partial charge in [0.25, 0.3) is 14.9 Å². The van der Waals surface area contributed by atoms with Crippen molar-refractivity contribution in [3.05, 3.63) is 58.5 Å². The first-order chi connectivity index (χ1) is 13.3. The first-order valence-electron chi connectivity index (χ1n) is 9.55. The van der Waals surface area contributed by atoms with Gasteiger partial charge >= 0.3 is 5.69 Å². The van der Waals surface area contributed by atoms with Crippen LogP contribution in [0.5, 0.6) is 0 Å². The zero-order chi connectivity index (χ0) is 20.9. The Morgan fingerprint density at radius 3 is 2.14 bits per heavy atom. The van der Waals surface area contributed by atoms with E-state index in [1.807, 2.05) is 38.1 Å². The summed E-state index contributed by atoms with van der Waals surface area (Å²) in [7, 11) is -2.62. The van der Waals surface area contributed by atoms with Gasteiger partial charge < -0.3 is 0 Å². The maximum atomic E-state index is 13.6. The number of hydrogen-bond donors (Lipinski definition) is 0. The van der Waals surface area contributed by atoms with E-state index in [-0.39, 0.29) is 16.6 Å². The summed E-state index contributed by atoms with van der Waals surface area (Å²) in [4.78, 5) is 17.1. The van der Waals surface area contributed by atoms with Crippen LogP contribution >= 0.6 is 0 Å². The fourth-order valence-electron chi connectivity index (χ4n) is 3.20. The first kappa shape index (κ1) is 21.9. The molecule has 0 bridgehead atoms. The number of aryl methyl sites for hydroxylation is 2. The van der Waals surface area contributed by atoms with Gasteiger partial charge in [-0.05, 0) is 49.9 Å². The van der Waals surface area contributed by atoms with Crippen LogP contribution in [-0.2, 0) is 21.3 Å². The lowest BCUT2D eigenvalue weighted by Crippen LogP contribution is -2.40. The van der Waals surface area contributed by atoms with E-state index < -0.39 is 10.0 Å². The lowest BCUT2D eigenvalue weighted by atomic mass is 10.1. The maximum Gasteiger partial charge on any atom is 0.320 e. The third-order valence-corrected chi connectivity index (χ3v) is 6.85. The molecule has 0 unspecified atom stereocenters. The topological polar surface area (TPSA) is 66.7 Å². The lowest BCUT2D eigenvalue weighted by Gasteiger charge is -2.32. The highest BCUT2D eigenvalue weighted by Crippen LogP contribution is 2.31. The minimum Gasteiger partial charge on any atom is -0.263 e. The molecule has 6 nitrogen and oxygen atoms in total. The predicted octanol–water partition coefficient (Wildman–Crippen LogP) is 4.91. The van der Waals surface area contributed by atoms with Crippen LogP contribution in [0.4, 0.5) is 11.4 Å². The highest BCUT2D eigenvalue weighted by Gasteiger charge is 2.32. The summed E-state index contributed by atoms with van der Waals surface area (Å²) >= 11 is 0. The molecule has 0 aliphatic carbocycles. The highest BCUT2D eigenvalue weighted by molar-refractivity contribution is 7.92. The van der Waals surface area contributed by atoms with Gasteiger partial charge in [0.1, 0.15) is 0 Å². The molecular formula is C21H29N2O4S+.